The predicted octanol–water partition coefficient (Wildman–Crippen LogP) is 2.33. The van der Waals surface area contributed by atoms with E-state index in [1.165, 1.54) is 11.9 Å². The molecule has 0 fully saturated rings. The minimum Gasteiger partial charge on any atom is -0.317 e. The molecule has 2 N–H and O–H groups in total. The van der Waals surface area contributed by atoms with Crippen LogP contribution in [0.15, 0.2) is 47.2 Å². The van der Waals surface area contributed by atoms with Crippen LogP contribution < -0.4 is 4.72 Å². The van der Waals surface area contributed by atoms with Gasteiger partial charge in [0.2, 0.25) is 0 Å². The standard InChI is InChI=1S/C10H8N2S/c1-2-8-10(11)7-5-3-4-6-9(7)13-12-8/h3-6,11-12H,1H2. The van der Waals surface area contributed by atoms with Gasteiger partial charge in [0, 0.05) is 10.5 Å². The summed E-state index contributed by atoms with van der Waals surface area (Å²) in [6.07, 6.45) is 0. The van der Waals surface area contributed by atoms with Gasteiger partial charge in [0.25, 0.3) is 0 Å². The van der Waals surface area contributed by atoms with Crippen LogP contribution in [0.4, 0.5) is 0 Å². The van der Waals surface area contributed by atoms with Crippen LogP contribution in [0.3, 0.4) is 0 Å². The van der Waals surface area contributed by atoms with Crippen LogP contribution >= 0.6 is 11.9 Å². The van der Waals surface area contributed by atoms with Crippen molar-refractivity contribution in [3.05, 3.63) is 47.8 Å². The Morgan fingerprint density at radius 3 is 2.92 bits per heavy atom. The van der Waals surface area contributed by atoms with E-state index < -0.39 is 0 Å². The van der Waals surface area contributed by atoms with Gasteiger partial charge in [-0.15, -0.1) is 5.73 Å². The highest BCUT2D eigenvalue weighted by molar-refractivity contribution is 7.97. The highest BCUT2D eigenvalue weighted by Crippen LogP contribution is 2.27. The second-order valence-electron chi connectivity index (χ2n) is 2.63. The van der Waals surface area contributed by atoms with Crippen molar-refractivity contribution in [2.75, 3.05) is 0 Å². The smallest absolute Gasteiger partial charge is 0.113 e. The highest BCUT2D eigenvalue weighted by atomic mass is 32.2. The zero-order valence-corrected chi connectivity index (χ0v) is 7.74. The Hall–Kier alpha value is -1.44. The maximum absolute atomic E-state index is 7.81. The van der Waals surface area contributed by atoms with E-state index in [0.29, 0.717) is 11.4 Å². The van der Waals surface area contributed by atoms with Crippen LogP contribution in [-0.4, -0.2) is 5.71 Å². The Bertz CT molecular complexity index is 417. The van der Waals surface area contributed by atoms with Crippen LogP contribution in [0, 0.1) is 5.41 Å². The van der Waals surface area contributed by atoms with Gasteiger partial charge in [0.15, 0.2) is 0 Å². The normalized spacial score (nSPS) is 14.5. The fourth-order valence-electron chi connectivity index (χ4n) is 1.18. The van der Waals surface area contributed by atoms with Crippen molar-refractivity contribution in [2.45, 2.75) is 4.90 Å². The Morgan fingerprint density at radius 2 is 2.15 bits per heavy atom. The number of hydrogen-bond donors (Lipinski definition) is 2. The van der Waals surface area contributed by atoms with Crippen molar-refractivity contribution < 1.29 is 0 Å². The number of allylic oxidation sites excluding steroid dienone is 1. The lowest BCUT2D eigenvalue weighted by molar-refractivity contribution is 1.22. The van der Waals surface area contributed by atoms with Crippen molar-refractivity contribution in [3.8, 4) is 0 Å². The van der Waals surface area contributed by atoms with Gasteiger partial charge in [-0.05, 0) is 18.0 Å². The molecule has 0 aromatic heterocycles. The first kappa shape index (κ1) is 8.17. The van der Waals surface area contributed by atoms with E-state index in [2.05, 4.69) is 17.0 Å². The van der Waals surface area contributed by atoms with Crippen molar-refractivity contribution in [2.24, 2.45) is 0 Å². The number of rotatable bonds is 0. The van der Waals surface area contributed by atoms with Gasteiger partial charge in [-0.1, -0.05) is 24.8 Å². The summed E-state index contributed by atoms with van der Waals surface area (Å²) >= 11 is 1.49. The highest BCUT2D eigenvalue weighted by Gasteiger charge is 2.17. The van der Waals surface area contributed by atoms with Crippen LogP contribution in [0.1, 0.15) is 5.56 Å². The Kier molecular flexibility index (Phi) is 1.97. The molecule has 1 aromatic carbocycles. The molecule has 0 saturated heterocycles. The summed E-state index contributed by atoms with van der Waals surface area (Å²) in [7, 11) is 0. The van der Waals surface area contributed by atoms with Crippen molar-refractivity contribution in [3.63, 3.8) is 0 Å². The van der Waals surface area contributed by atoms with Crippen LogP contribution in [0.5, 0.6) is 0 Å². The SMILES string of the molecule is C=C=C1NSc2ccccc2C1=N. The third kappa shape index (κ3) is 1.28. The monoisotopic (exact) mass is 188 g/mol. The van der Waals surface area contributed by atoms with Crippen molar-refractivity contribution >= 4 is 17.7 Å². The fraction of sp³-hybridized carbons (Fsp3) is 0. The molecule has 0 saturated carbocycles. The first-order valence-electron chi connectivity index (χ1n) is 3.84. The third-order valence-corrected chi connectivity index (χ3v) is 2.73. The molecule has 1 aliphatic heterocycles. The molecule has 1 aliphatic rings. The maximum Gasteiger partial charge on any atom is 0.113 e. The molecule has 1 heterocycles. The van der Waals surface area contributed by atoms with E-state index in [4.69, 9.17) is 5.41 Å². The molecule has 0 unspecified atom stereocenters. The summed E-state index contributed by atoms with van der Waals surface area (Å²) in [5.74, 6) is 0. The van der Waals surface area contributed by atoms with Crippen LogP contribution in [0.2, 0.25) is 0 Å². The van der Waals surface area contributed by atoms with E-state index in [0.717, 1.165) is 10.5 Å². The predicted molar refractivity (Wildman–Crippen MR) is 54.9 cm³/mol. The summed E-state index contributed by atoms with van der Waals surface area (Å²) in [5.41, 5.74) is 4.77. The number of nitrogens with one attached hydrogen (secondary N) is 2. The Morgan fingerprint density at radius 1 is 1.38 bits per heavy atom. The molecular formula is C10H8N2S. The van der Waals surface area contributed by atoms with E-state index in [9.17, 15) is 0 Å². The summed E-state index contributed by atoms with van der Waals surface area (Å²) in [6, 6.07) is 7.81. The van der Waals surface area contributed by atoms with E-state index in [1.807, 2.05) is 24.3 Å². The zero-order valence-electron chi connectivity index (χ0n) is 6.92. The molecule has 0 amide bonds. The minimum absolute atomic E-state index is 0.462. The maximum atomic E-state index is 7.81. The number of benzene rings is 1. The van der Waals surface area contributed by atoms with Crippen molar-refractivity contribution in [1.29, 1.82) is 5.41 Å². The second kappa shape index (κ2) is 3.13. The number of fused-ring (bicyclic) bond motifs is 1. The average molecular weight is 188 g/mol. The molecule has 0 atom stereocenters. The second-order valence-corrected chi connectivity index (χ2v) is 3.48. The Balaban J connectivity index is 2.57. The molecule has 1 aromatic rings. The molecule has 13 heavy (non-hydrogen) atoms. The lowest BCUT2D eigenvalue weighted by Crippen LogP contribution is -2.19. The third-order valence-electron chi connectivity index (χ3n) is 1.85. The Labute approximate surface area is 81.0 Å². The van der Waals surface area contributed by atoms with E-state index >= 15 is 0 Å². The molecule has 3 heteroatoms. The van der Waals surface area contributed by atoms with Gasteiger partial charge in [-0.3, -0.25) is 5.41 Å². The molecular weight excluding hydrogens is 180 g/mol. The van der Waals surface area contributed by atoms with Gasteiger partial charge in [0.1, 0.15) is 5.70 Å². The number of hydrogen-bond acceptors (Lipinski definition) is 3. The molecule has 64 valence electrons. The molecule has 0 spiro atoms. The molecule has 0 bridgehead atoms. The summed E-state index contributed by atoms with van der Waals surface area (Å²) in [5, 5.41) is 7.81. The van der Waals surface area contributed by atoms with Gasteiger partial charge >= 0.3 is 0 Å². The van der Waals surface area contributed by atoms with Crippen molar-refractivity contribution in [1.82, 2.24) is 4.72 Å². The van der Waals surface area contributed by atoms with E-state index in [1.54, 1.807) is 0 Å². The summed E-state index contributed by atoms with van der Waals surface area (Å²) in [6.45, 7) is 3.53. The van der Waals surface area contributed by atoms with Gasteiger partial charge < -0.3 is 4.72 Å². The largest absolute Gasteiger partial charge is 0.317 e. The summed E-state index contributed by atoms with van der Waals surface area (Å²) in [4.78, 5) is 1.08. The van der Waals surface area contributed by atoms with Crippen LogP contribution in [0.25, 0.3) is 0 Å². The van der Waals surface area contributed by atoms with Crippen LogP contribution in [-0.2, 0) is 0 Å². The fourth-order valence-corrected chi connectivity index (χ4v) is 1.99. The molecule has 0 aliphatic carbocycles. The average Bonchev–Trinajstić information content (AvgIpc) is 2.19. The molecule has 2 nitrogen and oxygen atoms in total. The first-order valence-corrected chi connectivity index (χ1v) is 4.66. The lowest BCUT2D eigenvalue weighted by atomic mass is 10.1. The first-order chi connectivity index (χ1) is 6.33. The zero-order chi connectivity index (χ0) is 9.26. The molecule has 0 radical (unpaired) electrons. The van der Waals surface area contributed by atoms with Gasteiger partial charge in [0.05, 0.1) is 5.71 Å². The van der Waals surface area contributed by atoms with E-state index in [-0.39, 0.29) is 0 Å². The van der Waals surface area contributed by atoms with Gasteiger partial charge in [-0.25, -0.2) is 0 Å². The summed E-state index contributed by atoms with van der Waals surface area (Å²) < 4.78 is 3.01. The topological polar surface area (TPSA) is 35.9 Å². The quantitative estimate of drug-likeness (QED) is 0.484. The lowest BCUT2D eigenvalue weighted by Gasteiger charge is -2.18. The minimum atomic E-state index is 0.462. The van der Waals surface area contributed by atoms with Gasteiger partial charge in [-0.2, -0.15) is 0 Å². The molecule has 2 rings (SSSR count).